The Hall–Kier alpha value is -1.92. The number of aromatic nitrogens is 2. The molecule has 2 fully saturated rings. The summed E-state index contributed by atoms with van der Waals surface area (Å²) in [4.78, 5) is 27.5. The van der Waals surface area contributed by atoms with Crippen molar-refractivity contribution >= 4 is 29.2 Å². The van der Waals surface area contributed by atoms with E-state index in [2.05, 4.69) is 10.4 Å². The summed E-state index contributed by atoms with van der Waals surface area (Å²) in [7, 11) is 1.77. The smallest absolute Gasteiger partial charge is 0.278 e. The molecule has 0 unspecified atom stereocenters. The van der Waals surface area contributed by atoms with E-state index in [4.69, 9.17) is 0 Å². The van der Waals surface area contributed by atoms with Gasteiger partial charge in [0, 0.05) is 25.5 Å². The molecule has 0 saturated carbocycles. The molecule has 2 saturated heterocycles. The van der Waals surface area contributed by atoms with Crippen LogP contribution in [0.25, 0.3) is 10.9 Å². The van der Waals surface area contributed by atoms with Crippen molar-refractivity contribution in [1.29, 1.82) is 0 Å². The van der Waals surface area contributed by atoms with Crippen LogP contribution in [0.15, 0.2) is 29.1 Å². The van der Waals surface area contributed by atoms with Crippen molar-refractivity contribution < 1.29 is 4.79 Å². The molecule has 2 aromatic rings. The predicted molar refractivity (Wildman–Crippen MR) is 99.2 cm³/mol. The zero-order chi connectivity index (χ0) is 16.7. The van der Waals surface area contributed by atoms with Crippen molar-refractivity contribution in [3.05, 3.63) is 40.2 Å². The van der Waals surface area contributed by atoms with Gasteiger partial charge in [0.15, 0.2) is 5.69 Å². The number of carbonyl (C=O) groups is 1. The lowest BCUT2D eigenvalue weighted by Crippen LogP contribution is -2.37. The minimum absolute atomic E-state index is 0. The highest BCUT2D eigenvalue weighted by Crippen LogP contribution is 2.27. The molecular weight excluding hydrogens is 340 g/mol. The zero-order valence-corrected chi connectivity index (χ0v) is 15.1. The van der Waals surface area contributed by atoms with Crippen molar-refractivity contribution in [2.24, 2.45) is 18.9 Å². The van der Waals surface area contributed by atoms with Gasteiger partial charge in [-0.15, -0.1) is 12.4 Å². The van der Waals surface area contributed by atoms with Gasteiger partial charge in [0.2, 0.25) is 5.43 Å². The molecule has 1 amide bonds. The largest absolute Gasteiger partial charge is 0.337 e. The van der Waals surface area contributed by atoms with E-state index in [1.54, 1.807) is 17.8 Å². The summed E-state index contributed by atoms with van der Waals surface area (Å²) in [6.07, 6.45) is 1.99. The molecule has 0 spiro atoms. The fourth-order valence-electron chi connectivity index (χ4n) is 4.04. The summed E-state index contributed by atoms with van der Waals surface area (Å²) in [5, 5.41) is 8.26. The second-order valence-electron chi connectivity index (χ2n) is 6.87. The standard InChI is InChI=1S/C18H22N4O2.ClH/c1-21-15-5-3-2-4-14(15)17(23)16(20-21)18(24)22-8-6-12-10-19-11-13(12)7-9-22;/h2-5,12-13,19H,6-11H2,1H3;1H/t12-,13+;. The molecule has 1 aromatic carbocycles. The fraction of sp³-hybridized carbons (Fsp3) is 0.500. The quantitative estimate of drug-likeness (QED) is 0.833. The van der Waals surface area contributed by atoms with Gasteiger partial charge in [-0.2, -0.15) is 5.10 Å². The second kappa shape index (κ2) is 7.14. The first-order valence-corrected chi connectivity index (χ1v) is 8.61. The van der Waals surface area contributed by atoms with E-state index in [9.17, 15) is 9.59 Å². The number of hydrogen-bond donors (Lipinski definition) is 1. The van der Waals surface area contributed by atoms with Crippen molar-refractivity contribution in [2.75, 3.05) is 26.2 Å². The first kappa shape index (κ1) is 17.9. The lowest BCUT2D eigenvalue weighted by Gasteiger charge is -2.20. The summed E-state index contributed by atoms with van der Waals surface area (Å²) >= 11 is 0. The van der Waals surface area contributed by atoms with Crippen LogP contribution in [0.3, 0.4) is 0 Å². The van der Waals surface area contributed by atoms with Gasteiger partial charge in [-0.05, 0) is 49.9 Å². The summed E-state index contributed by atoms with van der Waals surface area (Å²) in [6, 6.07) is 7.29. The topological polar surface area (TPSA) is 67.2 Å². The summed E-state index contributed by atoms with van der Waals surface area (Å²) in [6.45, 7) is 3.50. The number of amides is 1. The molecule has 2 atom stereocenters. The van der Waals surface area contributed by atoms with Gasteiger partial charge in [0.05, 0.1) is 5.52 Å². The Morgan fingerprint density at radius 2 is 1.80 bits per heavy atom. The number of para-hydroxylation sites is 1. The molecule has 6 nitrogen and oxygen atoms in total. The number of likely N-dealkylation sites (tertiary alicyclic amines) is 1. The van der Waals surface area contributed by atoms with E-state index in [0.29, 0.717) is 30.3 Å². The molecular formula is C18H23ClN4O2. The lowest BCUT2D eigenvalue weighted by molar-refractivity contribution is 0.0749. The molecule has 0 aliphatic carbocycles. The van der Waals surface area contributed by atoms with Crippen molar-refractivity contribution in [3.8, 4) is 0 Å². The molecule has 0 radical (unpaired) electrons. The van der Waals surface area contributed by atoms with Crippen molar-refractivity contribution in [3.63, 3.8) is 0 Å². The number of benzene rings is 1. The van der Waals surface area contributed by atoms with E-state index in [1.165, 1.54) is 0 Å². The maximum absolute atomic E-state index is 12.9. The third-order valence-corrected chi connectivity index (χ3v) is 5.47. The van der Waals surface area contributed by atoms with Gasteiger partial charge >= 0.3 is 0 Å². The Bertz CT molecular complexity index is 837. The van der Waals surface area contributed by atoms with Crippen LogP contribution in [-0.2, 0) is 7.05 Å². The lowest BCUT2D eigenvalue weighted by atomic mass is 9.92. The Labute approximate surface area is 152 Å². The van der Waals surface area contributed by atoms with E-state index in [-0.39, 0.29) is 29.4 Å². The van der Waals surface area contributed by atoms with Crippen LogP contribution in [0.2, 0.25) is 0 Å². The van der Waals surface area contributed by atoms with Crippen LogP contribution in [0.1, 0.15) is 23.3 Å². The molecule has 3 heterocycles. The summed E-state index contributed by atoms with van der Waals surface area (Å²) < 4.78 is 1.63. The highest BCUT2D eigenvalue weighted by molar-refractivity contribution is 5.95. The van der Waals surface area contributed by atoms with E-state index < -0.39 is 0 Å². The van der Waals surface area contributed by atoms with Crippen LogP contribution >= 0.6 is 12.4 Å². The van der Waals surface area contributed by atoms with Crippen LogP contribution in [0.5, 0.6) is 0 Å². The Morgan fingerprint density at radius 3 is 2.48 bits per heavy atom. The number of rotatable bonds is 1. The van der Waals surface area contributed by atoms with E-state index in [1.807, 2.05) is 23.1 Å². The summed E-state index contributed by atoms with van der Waals surface area (Å²) in [5.74, 6) is 1.07. The number of carbonyl (C=O) groups excluding carboxylic acids is 1. The van der Waals surface area contributed by atoms with Gasteiger partial charge in [-0.1, -0.05) is 12.1 Å². The highest BCUT2D eigenvalue weighted by Gasteiger charge is 2.32. The first-order chi connectivity index (χ1) is 11.6. The number of fused-ring (bicyclic) bond motifs is 2. The van der Waals surface area contributed by atoms with Crippen LogP contribution in [0, 0.1) is 11.8 Å². The van der Waals surface area contributed by atoms with Crippen molar-refractivity contribution in [1.82, 2.24) is 20.0 Å². The normalized spacial score (nSPS) is 23.0. The Morgan fingerprint density at radius 1 is 1.16 bits per heavy atom. The van der Waals surface area contributed by atoms with Crippen LogP contribution < -0.4 is 10.7 Å². The number of nitrogens with one attached hydrogen (secondary N) is 1. The maximum atomic E-state index is 12.9. The Balaban J connectivity index is 0.00000182. The van der Waals surface area contributed by atoms with Gasteiger partial charge in [-0.3, -0.25) is 14.3 Å². The molecule has 0 bridgehead atoms. The van der Waals surface area contributed by atoms with Crippen LogP contribution in [0.4, 0.5) is 0 Å². The number of nitrogens with zero attached hydrogens (tertiary/aromatic N) is 3. The molecule has 7 heteroatoms. The summed E-state index contributed by atoms with van der Waals surface area (Å²) in [5.41, 5.74) is 0.525. The third-order valence-electron chi connectivity index (χ3n) is 5.47. The highest BCUT2D eigenvalue weighted by atomic mass is 35.5. The first-order valence-electron chi connectivity index (χ1n) is 8.61. The average Bonchev–Trinajstić information content (AvgIpc) is 2.96. The predicted octanol–water partition coefficient (Wildman–Crippen LogP) is 1.43. The minimum Gasteiger partial charge on any atom is -0.337 e. The molecule has 2 aliphatic heterocycles. The van der Waals surface area contributed by atoms with Gasteiger partial charge < -0.3 is 10.2 Å². The third kappa shape index (κ3) is 3.16. The second-order valence-corrected chi connectivity index (χ2v) is 6.87. The molecule has 25 heavy (non-hydrogen) atoms. The molecule has 2 aliphatic rings. The van der Waals surface area contributed by atoms with E-state index >= 15 is 0 Å². The van der Waals surface area contributed by atoms with Gasteiger partial charge in [0.1, 0.15) is 0 Å². The van der Waals surface area contributed by atoms with Crippen molar-refractivity contribution in [2.45, 2.75) is 12.8 Å². The van der Waals surface area contributed by atoms with Gasteiger partial charge in [0.25, 0.3) is 5.91 Å². The zero-order valence-electron chi connectivity index (χ0n) is 14.3. The molecule has 134 valence electrons. The maximum Gasteiger partial charge on any atom is 0.278 e. The fourth-order valence-corrected chi connectivity index (χ4v) is 4.04. The van der Waals surface area contributed by atoms with Crippen LogP contribution in [-0.4, -0.2) is 46.8 Å². The van der Waals surface area contributed by atoms with Gasteiger partial charge in [-0.25, -0.2) is 0 Å². The molecule has 1 aromatic heterocycles. The number of aryl methyl sites for hydroxylation is 1. The minimum atomic E-state index is -0.264. The SMILES string of the molecule is Cl.Cn1nc(C(=O)N2CC[C@@H]3CNC[C@@H]3CC2)c(=O)c2ccccc21. The monoisotopic (exact) mass is 362 g/mol. The average molecular weight is 363 g/mol. The Kier molecular flexibility index (Phi) is 5.11. The molecule has 1 N–H and O–H groups in total. The molecule has 4 rings (SSSR count). The van der Waals surface area contributed by atoms with E-state index in [0.717, 1.165) is 31.4 Å². The number of hydrogen-bond acceptors (Lipinski definition) is 4. The number of halogens is 1.